The molecule has 0 bridgehead atoms. The number of carbonyl (C=O) groups is 2. The Morgan fingerprint density at radius 3 is 2.42 bits per heavy atom. The van der Waals surface area contributed by atoms with Crippen molar-refractivity contribution < 1.29 is 14.0 Å². The van der Waals surface area contributed by atoms with Crippen LogP contribution < -0.4 is 5.32 Å². The number of nitrogens with zero attached hydrogens (tertiary/aromatic N) is 3. The molecule has 4 heterocycles. The summed E-state index contributed by atoms with van der Waals surface area (Å²) in [4.78, 5) is 40.8. The van der Waals surface area contributed by atoms with Crippen molar-refractivity contribution in [3.63, 3.8) is 0 Å². The molecule has 0 spiro atoms. The van der Waals surface area contributed by atoms with Crippen LogP contribution in [0.3, 0.4) is 0 Å². The molecule has 0 aliphatic carbocycles. The summed E-state index contributed by atoms with van der Waals surface area (Å²) in [6.45, 7) is 5.28. The highest BCUT2D eigenvalue weighted by molar-refractivity contribution is 7.21. The van der Waals surface area contributed by atoms with Gasteiger partial charge in [-0.3, -0.25) is 14.9 Å². The average molecular weight is 475 g/mol. The molecular formula is C24H18N4O3S2. The lowest BCUT2D eigenvalue weighted by Gasteiger charge is -2.02. The summed E-state index contributed by atoms with van der Waals surface area (Å²) in [6, 6.07) is 13.0. The van der Waals surface area contributed by atoms with Crippen LogP contribution in [0.1, 0.15) is 37.5 Å². The molecule has 33 heavy (non-hydrogen) atoms. The number of rotatable bonds is 5. The molecule has 0 fully saturated rings. The highest BCUT2D eigenvalue weighted by atomic mass is 32.1. The van der Waals surface area contributed by atoms with E-state index in [1.54, 1.807) is 18.4 Å². The minimum absolute atomic E-state index is 0.0961. The van der Waals surface area contributed by atoms with E-state index in [1.807, 2.05) is 44.2 Å². The first-order valence-corrected chi connectivity index (χ1v) is 11.8. The van der Waals surface area contributed by atoms with Crippen molar-refractivity contribution in [3.8, 4) is 22.8 Å². The van der Waals surface area contributed by atoms with E-state index in [1.165, 1.54) is 29.6 Å². The molecule has 5 rings (SSSR count). The fraction of sp³-hybridized carbons (Fsp3) is 0.125. The first kappa shape index (κ1) is 21.2. The van der Waals surface area contributed by atoms with Gasteiger partial charge in [0.15, 0.2) is 22.5 Å². The molecule has 1 amide bonds. The van der Waals surface area contributed by atoms with E-state index in [-0.39, 0.29) is 11.7 Å². The van der Waals surface area contributed by atoms with E-state index in [2.05, 4.69) is 20.3 Å². The SMILES string of the molecule is CC(=O)c1sc(NC(=O)c2sc3nc(-c4ccco4)nc(C)c3c2C)nc1-c1ccccc1. The number of thiazole rings is 1. The van der Waals surface area contributed by atoms with Crippen LogP contribution in [0.15, 0.2) is 53.1 Å². The van der Waals surface area contributed by atoms with Crippen LogP contribution >= 0.6 is 22.7 Å². The van der Waals surface area contributed by atoms with Gasteiger partial charge in [-0.15, -0.1) is 11.3 Å². The molecule has 5 aromatic rings. The van der Waals surface area contributed by atoms with E-state index < -0.39 is 0 Å². The number of aromatic nitrogens is 3. The summed E-state index contributed by atoms with van der Waals surface area (Å²) in [5.41, 5.74) is 2.98. The van der Waals surface area contributed by atoms with Crippen molar-refractivity contribution in [3.05, 3.63) is 69.7 Å². The van der Waals surface area contributed by atoms with Crippen LogP contribution in [-0.2, 0) is 0 Å². The largest absolute Gasteiger partial charge is 0.461 e. The number of nitrogens with one attached hydrogen (secondary N) is 1. The predicted molar refractivity (Wildman–Crippen MR) is 130 cm³/mol. The zero-order chi connectivity index (χ0) is 23.1. The molecule has 0 aliphatic heterocycles. The van der Waals surface area contributed by atoms with E-state index in [9.17, 15) is 9.59 Å². The Labute approximate surface area is 197 Å². The van der Waals surface area contributed by atoms with E-state index in [0.717, 1.165) is 22.2 Å². The minimum atomic E-state index is -0.294. The molecule has 0 saturated carbocycles. The van der Waals surface area contributed by atoms with E-state index in [0.29, 0.717) is 37.0 Å². The maximum atomic E-state index is 13.2. The number of thiophene rings is 1. The first-order valence-electron chi connectivity index (χ1n) is 10.1. The number of fused-ring (bicyclic) bond motifs is 1. The number of ketones is 1. The molecule has 4 aromatic heterocycles. The highest BCUT2D eigenvalue weighted by Crippen LogP contribution is 2.35. The van der Waals surface area contributed by atoms with Crippen molar-refractivity contribution in [2.24, 2.45) is 0 Å². The molecule has 1 N–H and O–H groups in total. The lowest BCUT2D eigenvalue weighted by Crippen LogP contribution is -2.11. The van der Waals surface area contributed by atoms with Gasteiger partial charge in [-0.25, -0.2) is 15.0 Å². The quantitative estimate of drug-likeness (QED) is 0.307. The lowest BCUT2D eigenvalue weighted by molar-refractivity contribution is 0.101. The number of hydrogen-bond acceptors (Lipinski definition) is 8. The molecule has 164 valence electrons. The average Bonchev–Trinajstić information content (AvgIpc) is 3.53. The molecule has 9 heteroatoms. The number of amides is 1. The number of Topliss-reactive ketones (excluding diaryl/α,β-unsaturated/α-hetero) is 1. The van der Waals surface area contributed by atoms with Crippen molar-refractivity contribution >= 4 is 49.7 Å². The van der Waals surface area contributed by atoms with Crippen LogP contribution in [0.25, 0.3) is 33.1 Å². The van der Waals surface area contributed by atoms with Gasteiger partial charge in [-0.1, -0.05) is 41.7 Å². The van der Waals surface area contributed by atoms with Crippen LogP contribution in [0, 0.1) is 13.8 Å². The number of furan rings is 1. The Morgan fingerprint density at radius 1 is 0.939 bits per heavy atom. The molecule has 1 aromatic carbocycles. The van der Waals surface area contributed by atoms with Crippen molar-refractivity contribution in [1.29, 1.82) is 0 Å². The van der Waals surface area contributed by atoms with Gasteiger partial charge in [-0.2, -0.15) is 0 Å². The summed E-state index contributed by atoms with van der Waals surface area (Å²) >= 11 is 2.47. The number of aryl methyl sites for hydroxylation is 2. The van der Waals surface area contributed by atoms with Crippen LogP contribution in [0.2, 0.25) is 0 Å². The number of anilines is 1. The molecule has 0 unspecified atom stereocenters. The van der Waals surface area contributed by atoms with Gasteiger partial charge in [0.2, 0.25) is 0 Å². The second-order valence-electron chi connectivity index (χ2n) is 7.42. The summed E-state index contributed by atoms with van der Waals surface area (Å²) < 4.78 is 5.42. The van der Waals surface area contributed by atoms with Gasteiger partial charge < -0.3 is 4.42 Å². The summed E-state index contributed by atoms with van der Waals surface area (Å²) in [5.74, 6) is 0.668. The molecule has 0 aliphatic rings. The van der Waals surface area contributed by atoms with Crippen LogP contribution in [0.5, 0.6) is 0 Å². The highest BCUT2D eigenvalue weighted by Gasteiger charge is 2.23. The third kappa shape index (κ3) is 3.85. The zero-order valence-corrected chi connectivity index (χ0v) is 19.6. The van der Waals surface area contributed by atoms with Crippen LogP contribution in [-0.4, -0.2) is 26.6 Å². The lowest BCUT2D eigenvalue weighted by atomic mass is 10.1. The van der Waals surface area contributed by atoms with Crippen LogP contribution in [0.4, 0.5) is 5.13 Å². The smallest absolute Gasteiger partial charge is 0.267 e. The van der Waals surface area contributed by atoms with Gasteiger partial charge in [-0.05, 0) is 31.5 Å². The molecular weight excluding hydrogens is 456 g/mol. The third-order valence-corrected chi connectivity index (χ3v) is 7.39. The van der Waals surface area contributed by atoms with Crippen molar-refractivity contribution in [2.45, 2.75) is 20.8 Å². The summed E-state index contributed by atoms with van der Waals surface area (Å²) in [7, 11) is 0. The number of carbonyl (C=O) groups excluding carboxylic acids is 2. The summed E-state index contributed by atoms with van der Waals surface area (Å²) in [6.07, 6.45) is 1.57. The number of hydrogen-bond donors (Lipinski definition) is 1. The van der Waals surface area contributed by atoms with Crippen molar-refractivity contribution in [2.75, 3.05) is 5.32 Å². The molecule has 0 radical (unpaired) electrons. The standard InChI is InChI=1S/C24H18N4O3S2/c1-12-17-13(2)25-21(16-10-7-11-31-16)27-23(17)32-19(12)22(30)28-24-26-18(20(33-24)14(3)29)15-8-5-4-6-9-15/h4-11H,1-3H3,(H,26,28,30). The summed E-state index contributed by atoms with van der Waals surface area (Å²) in [5, 5.41) is 4.10. The topological polar surface area (TPSA) is 98.0 Å². The van der Waals surface area contributed by atoms with E-state index in [4.69, 9.17) is 4.42 Å². The van der Waals surface area contributed by atoms with Crippen molar-refractivity contribution in [1.82, 2.24) is 15.0 Å². The van der Waals surface area contributed by atoms with Gasteiger partial charge in [0.1, 0.15) is 4.83 Å². The Morgan fingerprint density at radius 2 is 1.73 bits per heavy atom. The minimum Gasteiger partial charge on any atom is -0.461 e. The van der Waals surface area contributed by atoms with Gasteiger partial charge in [0.25, 0.3) is 5.91 Å². The fourth-order valence-corrected chi connectivity index (χ4v) is 5.63. The Hall–Kier alpha value is -3.69. The Balaban J connectivity index is 1.50. The monoisotopic (exact) mass is 474 g/mol. The van der Waals surface area contributed by atoms with Gasteiger partial charge in [0, 0.05) is 17.9 Å². The normalized spacial score (nSPS) is 11.1. The maximum absolute atomic E-state index is 13.2. The van der Waals surface area contributed by atoms with Gasteiger partial charge in [0.05, 0.1) is 27.4 Å². The van der Waals surface area contributed by atoms with Gasteiger partial charge >= 0.3 is 0 Å². The zero-order valence-electron chi connectivity index (χ0n) is 18.0. The first-order chi connectivity index (χ1) is 15.9. The fourth-order valence-electron chi connectivity index (χ4n) is 3.63. The second-order valence-corrected chi connectivity index (χ2v) is 9.42. The number of benzene rings is 1. The predicted octanol–water partition coefficient (Wildman–Crippen LogP) is 6.15. The molecule has 7 nitrogen and oxygen atoms in total. The Bertz CT molecular complexity index is 1500. The van der Waals surface area contributed by atoms with E-state index >= 15 is 0 Å². The Kier molecular flexibility index (Phi) is 5.35. The second kappa shape index (κ2) is 8.34. The molecule has 0 saturated heterocycles. The maximum Gasteiger partial charge on any atom is 0.267 e. The molecule has 0 atom stereocenters. The third-order valence-electron chi connectivity index (χ3n) is 5.13.